The van der Waals surface area contributed by atoms with Crippen LogP contribution in [0.2, 0.25) is 0 Å². The van der Waals surface area contributed by atoms with Crippen molar-refractivity contribution >= 4 is 33.5 Å². The van der Waals surface area contributed by atoms with Gasteiger partial charge in [-0.3, -0.25) is 0 Å². The Morgan fingerprint density at radius 1 is 1.41 bits per heavy atom. The van der Waals surface area contributed by atoms with Gasteiger partial charge in [0.25, 0.3) is 0 Å². The molecule has 2 amide bonds. The van der Waals surface area contributed by atoms with Crippen LogP contribution in [0.15, 0.2) is 29.2 Å². The summed E-state index contributed by atoms with van der Waals surface area (Å²) in [5.41, 5.74) is 0.722. The first-order valence-electron chi connectivity index (χ1n) is 7.05. The van der Waals surface area contributed by atoms with E-state index in [1.54, 1.807) is 11.8 Å². The molecule has 1 atom stereocenters. The Kier molecular flexibility index (Phi) is 5.71. The van der Waals surface area contributed by atoms with E-state index in [-0.39, 0.29) is 12.1 Å². The molecule has 2 N–H and O–H groups in total. The number of nitrogens with zero attached hydrogens (tertiary/aromatic N) is 1. The lowest BCUT2D eigenvalue weighted by atomic mass is 10.1. The molecule has 1 heterocycles. The molecule has 0 unspecified atom stereocenters. The summed E-state index contributed by atoms with van der Waals surface area (Å²) in [6.07, 6.45) is 4.70. The topological polar surface area (TPSA) is 78.5 Å². The maximum atomic E-state index is 12.0. The number of rotatable bonds is 4. The van der Waals surface area contributed by atoms with E-state index in [1.807, 2.05) is 30.5 Å². The van der Waals surface area contributed by atoms with Crippen molar-refractivity contribution in [2.45, 2.75) is 23.8 Å². The summed E-state index contributed by atoms with van der Waals surface area (Å²) in [6, 6.07) is 7.11. The molecule has 1 aromatic carbocycles. The number of sulfonamides is 1. The highest BCUT2D eigenvalue weighted by molar-refractivity contribution is 7.98. The van der Waals surface area contributed by atoms with Gasteiger partial charge in [-0.2, -0.15) is 0 Å². The van der Waals surface area contributed by atoms with Gasteiger partial charge >= 0.3 is 6.03 Å². The molecule has 0 aromatic heterocycles. The standard InChI is InChI=1S/C14H21N3O3S2/c1-21-13-7-3-5-11(9-13)15-14(18)16-12-6-4-8-17(10-12)22(2,19)20/h3,5,7,9,12H,4,6,8,10H2,1-2H3,(H2,15,16,18)/t12-/m1/s1. The van der Waals surface area contributed by atoms with Crippen molar-refractivity contribution < 1.29 is 13.2 Å². The van der Waals surface area contributed by atoms with Gasteiger partial charge in [0.15, 0.2) is 0 Å². The smallest absolute Gasteiger partial charge is 0.319 e. The normalized spacial score (nSPS) is 19.6. The van der Waals surface area contributed by atoms with E-state index >= 15 is 0 Å². The highest BCUT2D eigenvalue weighted by Crippen LogP contribution is 2.19. The van der Waals surface area contributed by atoms with Crippen LogP contribution < -0.4 is 10.6 Å². The molecule has 122 valence electrons. The maximum Gasteiger partial charge on any atom is 0.319 e. The first-order valence-corrected chi connectivity index (χ1v) is 10.1. The van der Waals surface area contributed by atoms with E-state index in [1.165, 1.54) is 10.6 Å². The number of hydrogen-bond donors (Lipinski definition) is 2. The van der Waals surface area contributed by atoms with Crippen LogP contribution in [0.25, 0.3) is 0 Å². The molecular weight excluding hydrogens is 322 g/mol. The van der Waals surface area contributed by atoms with E-state index in [2.05, 4.69) is 10.6 Å². The van der Waals surface area contributed by atoms with Crippen molar-refractivity contribution in [3.63, 3.8) is 0 Å². The Morgan fingerprint density at radius 2 is 2.18 bits per heavy atom. The SMILES string of the molecule is CSc1cccc(NC(=O)N[C@@H]2CCCN(S(C)(=O)=O)C2)c1. The van der Waals surface area contributed by atoms with E-state index in [0.29, 0.717) is 13.1 Å². The fourth-order valence-corrected chi connectivity index (χ4v) is 3.79. The molecule has 1 aromatic rings. The Bertz CT molecular complexity index is 634. The van der Waals surface area contributed by atoms with Crippen LogP contribution in [0.5, 0.6) is 0 Å². The summed E-state index contributed by atoms with van der Waals surface area (Å²) in [5, 5.41) is 5.63. The molecule has 0 spiro atoms. The van der Waals surface area contributed by atoms with Crippen LogP contribution in [0, 0.1) is 0 Å². The van der Waals surface area contributed by atoms with Gasteiger partial charge in [0, 0.05) is 29.7 Å². The van der Waals surface area contributed by atoms with Gasteiger partial charge in [-0.05, 0) is 37.3 Å². The zero-order chi connectivity index (χ0) is 16.2. The fraction of sp³-hybridized carbons (Fsp3) is 0.500. The number of amides is 2. The quantitative estimate of drug-likeness (QED) is 0.819. The van der Waals surface area contributed by atoms with Crippen molar-refractivity contribution in [3.8, 4) is 0 Å². The lowest BCUT2D eigenvalue weighted by molar-refractivity contribution is 0.236. The molecule has 1 aliphatic rings. The second-order valence-electron chi connectivity index (χ2n) is 5.29. The highest BCUT2D eigenvalue weighted by atomic mass is 32.2. The summed E-state index contributed by atoms with van der Waals surface area (Å²) in [7, 11) is -3.20. The van der Waals surface area contributed by atoms with Crippen molar-refractivity contribution in [1.29, 1.82) is 0 Å². The third-order valence-electron chi connectivity index (χ3n) is 3.52. The van der Waals surface area contributed by atoms with Crippen LogP contribution in [-0.4, -0.2) is 50.4 Å². The minimum atomic E-state index is -3.20. The lowest BCUT2D eigenvalue weighted by Gasteiger charge is -2.31. The van der Waals surface area contributed by atoms with E-state index in [0.717, 1.165) is 23.4 Å². The number of carbonyl (C=O) groups excluding carboxylic acids is 1. The first kappa shape index (κ1) is 17.1. The largest absolute Gasteiger partial charge is 0.334 e. The summed E-state index contributed by atoms with van der Waals surface area (Å²) in [5.74, 6) is 0. The average molecular weight is 343 g/mol. The van der Waals surface area contributed by atoms with Crippen molar-refractivity contribution in [1.82, 2.24) is 9.62 Å². The van der Waals surface area contributed by atoms with E-state index in [4.69, 9.17) is 0 Å². The van der Waals surface area contributed by atoms with E-state index in [9.17, 15) is 13.2 Å². The van der Waals surface area contributed by atoms with Gasteiger partial charge in [-0.1, -0.05) is 6.07 Å². The Balaban J connectivity index is 1.91. The minimum absolute atomic E-state index is 0.160. The van der Waals surface area contributed by atoms with E-state index < -0.39 is 10.0 Å². The highest BCUT2D eigenvalue weighted by Gasteiger charge is 2.26. The zero-order valence-electron chi connectivity index (χ0n) is 12.7. The van der Waals surface area contributed by atoms with Crippen LogP contribution in [0.4, 0.5) is 10.5 Å². The molecule has 22 heavy (non-hydrogen) atoms. The van der Waals surface area contributed by atoms with Crippen LogP contribution in [-0.2, 0) is 10.0 Å². The lowest BCUT2D eigenvalue weighted by Crippen LogP contribution is -2.50. The summed E-state index contributed by atoms with van der Waals surface area (Å²) in [6.45, 7) is 0.853. The van der Waals surface area contributed by atoms with Crippen LogP contribution in [0.3, 0.4) is 0 Å². The maximum absolute atomic E-state index is 12.0. The van der Waals surface area contributed by atoms with Crippen molar-refractivity contribution in [3.05, 3.63) is 24.3 Å². The summed E-state index contributed by atoms with van der Waals surface area (Å²) < 4.78 is 24.6. The number of urea groups is 1. The van der Waals surface area contributed by atoms with Gasteiger partial charge in [0.05, 0.1) is 6.26 Å². The predicted molar refractivity (Wildman–Crippen MR) is 89.8 cm³/mol. The minimum Gasteiger partial charge on any atom is -0.334 e. The molecule has 0 aliphatic carbocycles. The predicted octanol–water partition coefficient (Wildman–Crippen LogP) is 1.95. The monoisotopic (exact) mass is 343 g/mol. The molecule has 0 saturated carbocycles. The number of benzene rings is 1. The second kappa shape index (κ2) is 7.34. The number of nitrogens with one attached hydrogen (secondary N) is 2. The number of carbonyl (C=O) groups is 1. The molecule has 0 radical (unpaired) electrons. The number of thioether (sulfide) groups is 1. The number of piperidine rings is 1. The van der Waals surface area contributed by atoms with Gasteiger partial charge in [-0.15, -0.1) is 11.8 Å². The van der Waals surface area contributed by atoms with Gasteiger partial charge in [0.1, 0.15) is 0 Å². The second-order valence-corrected chi connectivity index (χ2v) is 8.15. The Hall–Kier alpha value is -1.25. The fourth-order valence-electron chi connectivity index (χ4n) is 2.41. The molecule has 2 rings (SSSR count). The van der Waals surface area contributed by atoms with Gasteiger partial charge in [-0.25, -0.2) is 17.5 Å². The molecular formula is C14H21N3O3S2. The Labute approximate surface area is 135 Å². The molecule has 0 bridgehead atoms. The van der Waals surface area contributed by atoms with Gasteiger partial charge in [0.2, 0.25) is 10.0 Å². The van der Waals surface area contributed by atoms with Crippen molar-refractivity contribution in [2.75, 3.05) is 30.9 Å². The molecule has 1 saturated heterocycles. The van der Waals surface area contributed by atoms with Gasteiger partial charge < -0.3 is 10.6 Å². The third-order valence-corrected chi connectivity index (χ3v) is 5.51. The van der Waals surface area contributed by atoms with Crippen LogP contribution >= 0.6 is 11.8 Å². The van der Waals surface area contributed by atoms with Crippen molar-refractivity contribution in [2.24, 2.45) is 0 Å². The average Bonchev–Trinajstić information content (AvgIpc) is 2.46. The zero-order valence-corrected chi connectivity index (χ0v) is 14.3. The third kappa shape index (κ3) is 4.89. The summed E-state index contributed by atoms with van der Waals surface area (Å²) >= 11 is 1.60. The molecule has 1 aliphatic heterocycles. The van der Waals surface area contributed by atoms with Crippen LogP contribution in [0.1, 0.15) is 12.8 Å². The first-order chi connectivity index (χ1) is 10.4. The molecule has 1 fully saturated rings. The molecule has 8 heteroatoms. The number of hydrogen-bond acceptors (Lipinski definition) is 4. The molecule has 6 nitrogen and oxygen atoms in total. The number of anilines is 1. The summed E-state index contributed by atoms with van der Waals surface area (Å²) in [4.78, 5) is 13.1. The Morgan fingerprint density at radius 3 is 2.86 bits per heavy atom.